The van der Waals surface area contributed by atoms with Gasteiger partial charge >= 0.3 is 0 Å². The first kappa shape index (κ1) is 15.1. The maximum atomic E-state index is 3.61. The number of H-pyrrole nitrogens is 1. The van der Waals surface area contributed by atoms with E-state index in [1.807, 2.05) is 0 Å². The van der Waals surface area contributed by atoms with Crippen LogP contribution in [0.25, 0.3) is 27.6 Å². The number of para-hydroxylation sites is 1. The smallest absolute Gasteiger partial charge is 0.115 e. The molecule has 0 radical (unpaired) electrons. The third-order valence-corrected chi connectivity index (χ3v) is 4.93. The van der Waals surface area contributed by atoms with Gasteiger partial charge < -0.3 is 9.55 Å². The number of nitrogens with one attached hydrogen (secondary N) is 1. The molecule has 0 aliphatic heterocycles. The van der Waals surface area contributed by atoms with E-state index >= 15 is 0 Å². The van der Waals surface area contributed by atoms with Gasteiger partial charge in [0.1, 0.15) is 5.82 Å². The van der Waals surface area contributed by atoms with Gasteiger partial charge in [0.15, 0.2) is 0 Å². The minimum atomic E-state index is 0.506. The van der Waals surface area contributed by atoms with Gasteiger partial charge in [0.25, 0.3) is 0 Å². The van der Waals surface area contributed by atoms with Gasteiger partial charge in [0.05, 0.1) is 5.52 Å². The molecule has 0 saturated heterocycles. The van der Waals surface area contributed by atoms with Crippen LogP contribution in [-0.4, -0.2) is 9.55 Å². The molecule has 2 aromatic carbocycles. The predicted octanol–water partition coefficient (Wildman–Crippen LogP) is 6.36. The summed E-state index contributed by atoms with van der Waals surface area (Å²) in [6.07, 6.45) is 2.29. The molecular formula is C22H24N2. The molecule has 0 aliphatic rings. The summed E-state index contributed by atoms with van der Waals surface area (Å²) in [4.78, 5) is 3.61. The summed E-state index contributed by atoms with van der Waals surface area (Å²) < 4.78 is 2.30. The molecule has 122 valence electrons. The third-order valence-electron chi connectivity index (χ3n) is 4.93. The number of aromatic nitrogens is 2. The molecule has 24 heavy (non-hydrogen) atoms. The molecule has 2 heteroatoms. The quantitative estimate of drug-likeness (QED) is 0.454. The van der Waals surface area contributed by atoms with E-state index in [4.69, 9.17) is 0 Å². The van der Waals surface area contributed by atoms with Crippen LogP contribution in [0, 0.1) is 0 Å². The first-order valence-corrected chi connectivity index (χ1v) is 8.78. The lowest BCUT2D eigenvalue weighted by molar-refractivity contribution is 0.868. The fourth-order valence-corrected chi connectivity index (χ4v) is 3.66. The molecule has 2 heterocycles. The average molecular weight is 316 g/mol. The third kappa shape index (κ3) is 2.25. The van der Waals surface area contributed by atoms with E-state index in [2.05, 4.69) is 92.0 Å². The van der Waals surface area contributed by atoms with Crippen LogP contribution in [-0.2, 0) is 0 Å². The van der Waals surface area contributed by atoms with Crippen molar-refractivity contribution in [1.82, 2.24) is 9.55 Å². The summed E-state index contributed by atoms with van der Waals surface area (Å²) in [6, 6.07) is 17.5. The van der Waals surface area contributed by atoms with E-state index < -0.39 is 0 Å². The van der Waals surface area contributed by atoms with Crippen LogP contribution in [0.3, 0.4) is 0 Å². The molecule has 0 aliphatic carbocycles. The zero-order valence-electron chi connectivity index (χ0n) is 14.8. The number of hydrogen-bond acceptors (Lipinski definition) is 0. The Bertz CT molecular complexity index is 1010. The van der Waals surface area contributed by atoms with Crippen molar-refractivity contribution in [3.05, 3.63) is 65.9 Å². The fraction of sp³-hybridized carbons (Fsp3) is 0.273. The maximum Gasteiger partial charge on any atom is 0.115 e. The Morgan fingerprint density at radius 3 is 2.29 bits per heavy atom. The van der Waals surface area contributed by atoms with Gasteiger partial charge in [-0.2, -0.15) is 0 Å². The second kappa shape index (κ2) is 5.55. The lowest BCUT2D eigenvalue weighted by Gasteiger charge is -2.05. The number of benzene rings is 2. The number of hydrogen-bond donors (Lipinski definition) is 1. The van der Waals surface area contributed by atoms with Crippen LogP contribution in [0.15, 0.2) is 54.7 Å². The summed E-state index contributed by atoms with van der Waals surface area (Å²) in [6.45, 7) is 9.02. The minimum absolute atomic E-state index is 0.506. The summed E-state index contributed by atoms with van der Waals surface area (Å²) in [7, 11) is 0. The van der Waals surface area contributed by atoms with E-state index in [1.165, 1.54) is 32.9 Å². The standard InChI is InChI=1S/C22H24N2/c1-14(2)16-9-7-10-20-18(16)12-22(23-20)24-13-19(15(3)4)17-8-5-6-11-21(17)24/h5-15,23H,1-4H3. The maximum absolute atomic E-state index is 3.61. The largest absolute Gasteiger partial charge is 0.341 e. The SMILES string of the molecule is CC(C)c1cccc2[nH]c(-n3cc(C(C)C)c4ccccc43)cc12. The lowest BCUT2D eigenvalue weighted by Crippen LogP contribution is -1.91. The highest BCUT2D eigenvalue weighted by molar-refractivity contribution is 5.89. The van der Waals surface area contributed by atoms with Crippen LogP contribution in [0.2, 0.25) is 0 Å². The first-order chi connectivity index (χ1) is 11.6. The summed E-state index contributed by atoms with van der Waals surface area (Å²) >= 11 is 0. The highest BCUT2D eigenvalue weighted by Crippen LogP contribution is 2.32. The van der Waals surface area contributed by atoms with Gasteiger partial charge in [-0.1, -0.05) is 58.0 Å². The van der Waals surface area contributed by atoms with Gasteiger partial charge in [0.2, 0.25) is 0 Å². The zero-order chi connectivity index (χ0) is 16.8. The molecule has 0 amide bonds. The van der Waals surface area contributed by atoms with Crippen molar-refractivity contribution in [3.8, 4) is 5.82 Å². The Morgan fingerprint density at radius 1 is 0.792 bits per heavy atom. The van der Waals surface area contributed by atoms with Gasteiger partial charge in [-0.3, -0.25) is 0 Å². The Labute approximate surface area is 143 Å². The molecule has 4 aromatic rings. The number of aromatic amines is 1. The lowest BCUT2D eigenvalue weighted by atomic mass is 9.99. The molecule has 4 rings (SSSR count). The fourth-order valence-electron chi connectivity index (χ4n) is 3.66. The van der Waals surface area contributed by atoms with Crippen molar-refractivity contribution in [2.75, 3.05) is 0 Å². The summed E-state index contributed by atoms with van der Waals surface area (Å²) in [5, 5.41) is 2.67. The summed E-state index contributed by atoms with van der Waals surface area (Å²) in [5.74, 6) is 2.16. The molecule has 2 nitrogen and oxygen atoms in total. The average Bonchev–Trinajstić information content (AvgIpc) is 3.15. The van der Waals surface area contributed by atoms with Crippen LogP contribution < -0.4 is 0 Å². The summed E-state index contributed by atoms with van der Waals surface area (Å²) in [5.41, 5.74) is 5.27. The predicted molar refractivity (Wildman–Crippen MR) is 103 cm³/mol. The second-order valence-electron chi connectivity index (χ2n) is 7.24. The Morgan fingerprint density at radius 2 is 1.54 bits per heavy atom. The van der Waals surface area contributed by atoms with E-state index in [-0.39, 0.29) is 0 Å². The van der Waals surface area contributed by atoms with Crippen molar-refractivity contribution in [2.24, 2.45) is 0 Å². The van der Waals surface area contributed by atoms with E-state index in [9.17, 15) is 0 Å². The number of nitrogens with zero attached hydrogens (tertiary/aromatic N) is 1. The highest BCUT2D eigenvalue weighted by atomic mass is 15.1. The Kier molecular flexibility index (Phi) is 3.49. The van der Waals surface area contributed by atoms with Crippen molar-refractivity contribution in [2.45, 2.75) is 39.5 Å². The van der Waals surface area contributed by atoms with Gasteiger partial charge in [0, 0.05) is 22.5 Å². The Hall–Kier alpha value is -2.48. The van der Waals surface area contributed by atoms with Crippen molar-refractivity contribution < 1.29 is 0 Å². The molecule has 1 N–H and O–H groups in total. The molecule has 2 aromatic heterocycles. The second-order valence-corrected chi connectivity index (χ2v) is 7.24. The van der Waals surface area contributed by atoms with Crippen LogP contribution in [0.1, 0.15) is 50.7 Å². The first-order valence-electron chi connectivity index (χ1n) is 8.78. The van der Waals surface area contributed by atoms with Crippen molar-refractivity contribution >= 4 is 21.8 Å². The molecule has 0 spiro atoms. The monoisotopic (exact) mass is 316 g/mol. The number of rotatable bonds is 3. The van der Waals surface area contributed by atoms with Crippen LogP contribution >= 0.6 is 0 Å². The van der Waals surface area contributed by atoms with Crippen LogP contribution in [0.5, 0.6) is 0 Å². The Balaban J connectivity index is 1.98. The van der Waals surface area contributed by atoms with E-state index in [0.717, 1.165) is 5.82 Å². The van der Waals surface area contributed by atoms with Gasteiger partial charge in [-0.05, 0) is 41.2 Å². The molecule has 0 atom stereocenters. The molecular weight excluding hydrogens is 292 g/mol. The highest BCUT2D eigenvalue weighted by Gasteiger charge is 2.14. The minimum Gasteiger partial charge on any atom is -0.341 e. The zero-order valence-corrected chi connectivity index (χ0v) is 14.8. The van der Waals surface area contributed by atoms with Gasteiger partial charge in [-0.25, -0.2) is 0 Å². The van der Waals surface area contributed by atoms with Crippen LogP contribution in [0.4, 0.5) is 0 Å². The molecule has 0 saturated carbocycles. The molecule has 0 unspecified atom stereocenters. The molecule has 0 bridgehead atoms. The molecule has 0 fully saturated rings. The van der Waals surface area contributed by atoms with E-state index in [0.29, 0.717) is 11.8 Å². The number of fused-ring (bicyclic) bond motifs is 2. The van der Waals surface area contributed by atoms with Gasteiger partial charge in [-0.15, -0.1) is 0 Å². The topological polar surface area (TPSA) is 20.7 Å². The van der Waals surface area contributed by atoms with Crippen molar-refractivity contribution in [3.63, 3.8) is 0 Å². The van der Waals surface area contributed by atoms with Crippen molar-refractivity contribution in [1.29, 1.82) is 0 Å². The normalized spacial score (nSPS) is 12.1. The van der Waals surface area contributed by atoms with E-state index in [1.54, 1.807) is 0 Å².